The molecule has 6 nitrogen and oxygen atoms in total. The molecule has 1 saturated heterocycles. The first-order chi connectivity index (χ1) is 11.7. The summed E-state index contributed by atoms with van der Waals surface area (Å²) < 4.78 is 36.4. The quantitative estimate of drug-likeness (QED) is 0.732. The van der Waals surface area contributed by atoms with Gasteiger partial charge >= 0.3 is 11.9 Å². The van der Waals surface area contributed by atoms with E-state index in [1.165, 1.54) is 12.1 Å². The van der Waals surface area contributed by atoms with Crippen molar-refractivity contribution in [3.05, 3.63) is 35.9 Å². The fourth-order valence-electron chi connectivity index (χ4n) is 2.55. The van der Waals surface area contributed by atoms with Crippen molar-refractivity contribution in [3.8, 4) is 0 Å². The molecule has 1 fully saturated rings. The molecule has 25 heavy (non-hydrogen) atoms. The zero-order valence-electron chi connectivity index (χ0n) is 14.8. The summed E-state index contributed by atoms with van der Waals surface area (Å²) in [4.78, 5) is 24.4. The average Bonchev–Trinajstić information content (AvgIpc) is 2.92. The normalized spacial score (nSPS) is 22.7. The second-order valence-electron chi connectivity index (χ2n) is 6.36. The molecule has 0 unspecified atom stereocenters. The Bertz CT molecular complexity index is 613. The lowest BCUT2D eigenvalue weighted by Crippen LogP contribution is -2.53. The summed E-state index contributed by atoms with van der Waals surface area (Å²) in [6, 6.07) is 8.13. The van der Waals surface area contributed by atoms with E-state index >= 15 is 4.39 Å². The van der Waals surface area contributed by atoms with Crippen LogP contribution in [0.25, 0.3) is 0 Å². The summed E-state index contributed by atoms with van der Waals surface area (Å²) >= 11 is 0. The van der Waals surface area contributed by atoms with Crippen LogP contribution in [0.2, 0.25) is 0 Å². The molecule has 0 radical (unpaired) electrons. The van der Waals surface area contributed by atoms with Gasteiger partial charge in [-0.3, -0.25) is 0 Å². The molecule has 1 aliphatic rings. The number of rotatable bonds is 6. The minimum absolute atomic E-state index is 0.00517. The number of alkyl halides is 1. The fraction of sp³-hybridized carbons (Fsp3) is 0.556. The molecule has 2 rings (SSSR count). The Kier molecular flexibility index (Phi) is 5.80. The molecule has 0 aliphatic carbocycles. The van der Waals surface area contributed by atoms with E-state index < -0.39 is 35.6 Å². The van der Waals surface area contributed by atoms with Gasteiger partial charge in [0, 0.05) is 0 Å². The molecule has 1 aromatic rings. The molecule has 7 heteroatoms. The number of ether oxygens (including phenoxy) is 4. The third-order valence-electron chi connectivity index (χ3n) is 3.82. The lowest BCUT2D eigenvalue weighted by Gasteiger charge is -2.32. The van der Waals surface area contributed by atoms with Gasteiger partial charge in [0.1, 0.15) is 6.10 Å². The van der Waals surface area contributed by atoms with Crippen molar-refractivity contribution in [1.82, 2.24) is 0 Å². The smallest absolute Gasteiger partial charge is 0.347 e. The van der Waals surface area contributed by atoms with Crippen molar-refractivity contribution in [3.63, 3.8) is 0 Å². The van der Waals surface area contributed by atoms with E-state index in [-0.39, 0.29) is 18.8 Å². The molecule has 3 atom stereocenters. The summed E-state index contributed by atoms with van der Waals surface area (Å²) in [5.74, 6) is -2.84. The fourth-order valence-corrected chi connectivity index (χ4v) is 2.55. The third-order valence-corrected chi connectivity index (χ3v) is 3.82. The van der Waals surface area contributed by atoms with Crippen LogP contribution < -0.4 is 0 Å². The van der Waals surface area contributed by atoms with Crippen molar-refractivity contribution < 1.29 is 32.9 Å². The van der Waals surface area contributed by atoms with Gasteiger partial charge in [-0.25, -0.2) is 14.0 Å². The van der Waals surface area contributed by atoms with Gasteiger partial charge in [0.05, 0.1) is 18.8 Å². The Morgan fingerprint density at radius 2 is 2.00 bits per heavy atom. The maximum atomic E-state index is 15.2. The SMILES string of the molecule is CCOC(=O)[C@@](C)(F)[C@H](OC(=O)c1ccccc1)[C@H]1COC(C)(C)O1. The molecule has 0 amide bonds. The second kappa shape index (κ2) is 7.49. The maximum Gasteiger partial charge on any atom is 0.347 e. The molecule has 1 aromatic carbocycles. The van der Waals surface area contributed by atoms with E-state index in [9.17, 15) is 9.59 Å². The van der Waals surface area contributed by atoms with Crippen molar-refractivity contribution in [1.29, 1.82) is 0 Å². The van der Waals surface area contributed by atoms with Crippen molar-refractivity contribution in [2.75, 3.05) is 13.2 Å². The van der Waals surface area contributed by atoms with Crippen LogP contribution in [-0.4, -0.2) is 48.8 Å². The first-order valence-corrected chi connectivity index (χ1v) is 8.11. The summed E-state index contributed by atoms with van der Waals surface area (Å²) in [5.41, 5.74) is -2.35. The molecule has 1 heterocycles. The topological polar surface area (TPSA) is 71.1 Å². The molecule has 0 aromatic heterocycles. The van der Waals surface area contributed by atoms with Crippen LogP contribution in [0.15, 0.2) is 30.3 Å². The number of hydrogen-bond donors (Lipinski definition) is 0. The van der Waals surface area contributed by atoms with Gasteiger partial charge < -0.3 is 18.9 Å². The van der Waals surface area contributed by atoms with Crippen LogP contribution in [0.5, 0.6) is 0 Å². The molecule has 0 bridgehead atoms. The number of esters is 2. The highest BCUT2D eigenvalue weighted by molar-refractivity contribution is 5.90. The highest BCUT2D eigenvalue weighted by Gasteiger charge is 2.54. The first kappa shape index (κ1) is 19.3. The number of hydrogen-bond acceptors (Lipinski definition) is 6. The Morgan fingerprint density at radius 3 is 2.52 bits per heavy atom. The van der Waals surface area contributed by atoms with E-state index in [4.69, 9.17) is 18.9 Å². The standard InChI is InChI=1S/C18H23FO6/c1-5-22-16(21)18(4,19)14(13-11-23-17(2,3)25-13)24-15(20)12-9-7-6-8-10-12/h6-10,13-14H,5,11H2,1-4H3/t13-,14-,18+/m1/s1. The minimum Gasteiger partial charge on any atom is -0.464 e. The summed E-state index contributed by atoms with van der Waals surface area (Å²) in [6.45, 7) is 5.88. The second-order valence-corrected chi connectivity index (χ2v) is 6.36. The Labute approximate surface area is 146 Å². The number of benzene rings is 1. The van der Waals surface area contributed by atoms with E-state index in [2.05, 4.69) is 0 Å². The Morgan fingerprint density at radius 1 is 1.36 bits per heavy atom. The molecule has 138 valence electrons. The predicted octanol–water partition coefficient (Wildman–Crippen LogP) is 2.65. The van der Waals surface area contributed by atoms with Crippen molar-refractivity contribution in [2.24, 2.45) is 0 Å². The van der Waals surface area contributed by atoms with E-state index in [1.54, 1.807) is 39.0 Å². The maximum absolute atomic E-state index is 15.2. The van der Waals surface area contributed by atoms with E-state index in [0.29, 0.717) is 0 Å². The molecule has 1 aliphatic heterocycles. The molecular weight excluding hydrogens is 331 g/mol. The Hall–Kier alpha value is -1.99. The summed E-state index contributed by atoms with van der Waals surface area (Å²) in [5, 5.41) is 0. The average molecular weight is 354 g/mol. The van der Waals surface area contributed by atoms with E-state index in [1.807, 2.05) is 0 Å². The predicted molar refractivity (Wildman–Crippen MR) is 86.7 cm³/mol. The van der Waals surface area contributed by atoms with Crippen LogP contribution in [0, 0.1) is 0 Å². The monoisotopic (exact) mass is 354 g/mol. The number of halogens is 1. The third kappa shape index (κ3) is 4.55. The highest BCUT2D eigenvalue weighted by atomic mass is 19.1. The van der Waals surface area contributed by atoms with Gasteiger partial charge in [0.2, 0.25) is 5.67 Å². The van der Waals surface area contributed by atoms with Crippen LogP contribution in [-0.2, 0) is 23.7 Å². The van der Waals surface area contributed by atoms with E-state index in [0.717, 1.165) is 6.92 Å². The number of carbonyl (C=O) groups excluding carboxylic acids is 2. The molecular formula is C18H23FO6. The molecule has 0 saturated carbocycles. The first-order valence-electron chi connectivity index (χ1n) is 8.11. The minimum atomic E-state index is -2.59. The lowest BCUT2D eigenvalue weighted by molar-refractivity contribution is -0.183. The Balaban J connectivity index is 2.26. The van der Waals surface area contributed by atoms with Crippen LogP contribution >= 0.6 is 0 Å². The van der Waals surface area contributed by atoms with Gasteiger partial charge in [-0.1, -0.05) is 18.2 Å². The zero-order valence-corrected chi connectivity index (χ0v) is 14.8. The van der Waals surface area contributed by atoms with Crippen molar-refractivity contribution in [2.45, 2.75) is 51.4 Å². The molecule has 0 spiro atoms. The largest absolute Gasteiger partial charge is 0.464 e. The van der Waals surface area contributed by atoms with Gasteiger partial charge in [-0.2, -0.15) is 0 Å². The zero-order chi connectivity index (χ0) is 18.7. The summed E-state index contributed by atoms with van der Waals surface area (Å²) in [7, 11) is 0. The summed E-state index contributed by atoms with van der Waals surface area (Å²) in [6.07, 6.45) is -2.46. The van der Waals surface area contributed by atoms with Crippen LogP contribution in [0.4, 0.5) is 4.39 Å². The van der Waals surface area contributed by atoms with Gasteiger partial charge in [0.15, 0.2) is 11.9 Å². The highest BCUT2D eigenvalue weighted by Crippen LogP contribution is 2.33. The van der Waals surface area contributed by atoms with Gasteiger partial charge in [-0.05, 0) is 39.8 Å². The van der Waals surface area contributed by atoms with Gasteiger partial charge in [0.25, 0.3) is 0 Å². The molecule has 0 N–H and O–H groups in total. The number of carbonyl (C=O) groups is 2. The van der Waals surface area contributed by atoms with Gasteiger partial charge in [-0.15, -0.1) is 0 Å². The van der Waals surface area contributed by atoms with Crippen LogP contribution in [0.1, 0.15) is 38.1 Å². The lowest BCUT2D eigenvalue weighted by atomic mass is 9.96. The van der Waals surface area contributed by atoms with Crippen molar-refractivity contribution >= 4 is 11.9 Å². The van der Waals surface area contributed by atoms with Crippen LogP contribution in [0.3, 0.4) is 0 Å².